The molecule has 2 aromatic heterocycles. The molecule has 5 heteroatoms. The number of pyridine rings is 1. The summed E-state index contributed by atoms with van der Waals surface area (Å²) in [7, 11) is 0. The van der Waals surface area contributed by atoms with Crippen LogP contribution in [0.5, 0.6) is 0 Å². The largest absolute Gasteiger partial charge is 0.323 e. The highest BCUT2D eigenvalue weighted by Crippen LogP contribution is 2.30. The molecule has 4 nitrogen and oxygen atoms in total. The molecule has 1 aliphatic carbocycles. The number of hydrogen-bond acceptors (Lipinski definition) is 3. The summed E-state index contributed by atoms with van der Waals surface area (Å²) in [6, 6.07) is 3.49. The number of hydrogen-bond donors (Lipinski definition) is 0. The normalized spacial score (nSPS) is 15.7. The van der Waals surface area contributed by atoms with E-state index in [-0.39, 0.29) is 5.91 Å². The van der Waals surface area contributed by atoms with E-state index in [1.807, 2.05) is 6.92 Å². The van der Waals surface area contributed by atoms with Crippen molar-refractivity contribution in [2.24, 2.45) is 10.9 Å². The summed E-state index contributed by atoms with van der Waals surface area (Å²) < 4.78 is 2.10. The zero-order chi connectivity index (χ0) is 13.2. The third kappa shape index (κ3) is 2.98. The van der Waals surface area contributed by atoms with Crippen molar-refractivity contribution in [1.29, 1.82) is 0 Å². The number of nitrogens with zero attached hydrogens (tertiary/aromatic N) is 3. The van der Waals surface area contributed by atoms with E-state index >= 15 is 0 Å². The molecule has 0 unspecified atom stereocenters. The Morgan fingerprint density at radius 1 is 1.58 bits per heavy atom. The summed E-state index contributed by atoms with van der Waals surface area (Å²) in [6.07, 6.45) is 7.87. The van der Waals surface area contributed by atoms with Crippen LogP contribution in [0.1, 0.15) is 28.1 Å². The third-order valence-electron chi connectivity index (χ3n) is 3.09. The molecule has 0 saturated heterocycles. The predicted molar refractivity (Wildman–Crippen MR) is 73.9 cm³/mol. The van der Waals surface area contributed by atoms with Crippen molar-refractivity contribution < 1.29 is 4.79 Å². The minimum atomic E-state index is -0.223. The van der Waals surface area contributed by atoms with Gasteiger partial charge in [0.25, 0.3) is 5.91 Å². The first-order chi connectivity index (χ1) is 9.22. The SMILES string of the molecule is Cc1cn(CC2CC2)c(=NC(=O)c2cccnc2)s1. The van der Waals surface area contributed by atoms with Crippen LogP contribution in [0.25, 0.3) is 0 Å². The number of carbonyl (C=O) groups is 1. The monoisotopic (exact) mass is 273 g/mol. The van der Waals surface area contributed by atoms with Gasteiger partial charge in [0.1, 0.15) is 0 Å². The molecular weight excluding hydrogens is 258 g/mol. The van der Waals surface area contributed by atoms with Gasteiger partial charge in [0.2, 0.25) is 0 Å². The van der Waals surface area contributed by atoms with Crippen LogP contribution in [0.2, 0.25) is 0 Å². The lowest BCUT2D eigenvalue weighted by atomic mass is 10.3. The summed E-state index contributed by atoms with van der Waals surface area (Å²) in [4.78, 5) is 22.2. The lowest BCUT2D eigenvalue weighted by Crippen LogP contribution is -2.17. The Morgan fingerprint density at radius 3 is 3.11 bits per heavy atom. The molecule has 0 aromatic carbocycles. The van der Waals surface area contributed by atoms with Crippen LogP contribution in [0.3, 0.4) is 0 Å². The van der Waals surface area contributed by atoms with Gasteiger partial charge in [-0.05, 0) is 37.8 Å². The van der Waals surface area contributed by atoms with Crippen LogP contribution in [0.4, 0.5) is 0 Å². The summed E-state index contributed by atoms with van der Waals surface area (Å²) in [5, 5.41) is 0. The van der Waals surface area contributed by atoms with E-state index in [0.717, 1.165) is 17.3 Å². The Bertz CT molecular complexity index is 653. The van der Waals surface area contributed by atoms with E-state index in [1.54, 1.807) is 35.9 Å². The minimum absolute atomic E-state index is 0.223. The van der Waals surface area contributed by atoms with Crippen molar-refractivity contribution in [1.82, 2.24) is 9.55 Å². The first-order valence-corrected chi connectivity index (χ1v) is 7.20. The molecule has 0 spiro atoms. The van der Waals surface area contributed by atoms with Crippen LogP contribution < -0.4 is 4.80 Å². The van der Waals surface area contributed by atoms with Crippen molar-refractivity contribution >= 4 is 17.2 Å². The van der Waals surface area contributed by atoms with Crippen LogP contribution in [-0.4, -0.2) is 15.5 Å². The number of carbonyl (C=O) groups excluding carboxylic acids is 1. The Morgan fingerprint density at radius 2 is 2.42 bits per heavy atom. The number of aromatic nitrogens is 2. The second-order valence-electron chi connectivity index (χ2n) is 4.88. The molecule has 2 heterocycles. The number of rotatable bonds is 3. The van der Waals surface area contributed by atoms with Gasteiger partial charge in [-0.1, -0.05) is 0 Å². The highest BCUT2D eigenvalue weighted by Gasteiger charge is 2.22. The summed E-state index contributed by atoms with van der Waals surface area (Å²) in [5.74, 6) is 0.543. The second kappa shape index (κ2) is 5.09. The molecule has 0 atom stereocenters. The van der Waals surface area contributed by atoms with Gasteiger partial charge < -0.3 is 4.57 Å². The molecule has 19 heavy (non-hydrogen) atoms. The molecule has 0 N–H and O–H groups in total. The topological polar surface area (TPSA) is 47.2 Å². The van der Waals surface area contributed by atoms with E-state index in [2.05, 4.69) is 20.7 Å². The standard InChI is InChI=1S/C14H15N3OS/c1-10-8-17(9-11-4-5-11)14(19-10)16-13(18)12-3-2-6-15-7-12/h2-3,6-8,11H,4-5,9H2,1H3. The first kappa shape index (κ1) is 12.3. The van der Waals surface area contributed by atoms with Gasteiger partial charge in [-0.3, -0.25) is 9.78 Å². The molecule has 3 rings (SSSR count). The van der Waals surface area contributed by atoms with Gasteiger partial charge >= 0.3 is 0 Å². The summed E-state index contributed by atoms with van der Waals surface area (Å²) in [6.45, 7) is 3.02. The van der Waals surface area contributed by atoms with Crippen LogP contribution in [-0.2, 0) is 6.54 Å². The fourth-order valence-electron chi connectivity index (χ4n) is 1.94. The number of thiazole rings is 1. The van der Waals surface area contributed by atoms with Crippen molar-refractivity contribution in [3.8, 4) is 0 Å². The fourth-order valence-corrected chi connectivity index (χ4v) is 2.78. The summed E-state index contributed by atoms with van der Waals surface area (Å²) in [5.41, 5.74) is 0.534. The maximum absolute atomic E-state index is 12.1. The maximum Gasteiger partial charge on any atom is 0.281 e. The second-order valence-corrected chi connectivity index (χ2v) is 6.09. The molecule has 0 bridgehead atoms. The average molecular weight is 273 g/mol. The Balaban J connectivity index is 1.92. The molecular formula is C14H15N3OS. The maximum atomic E-state index is 12.1. The van der Waals surface area contributed by atoms with Gasteiger partial charge in [-0.2, -0.15) is 4.99 Å². The van der Waals surface area contributed by atoms with Gasteiger partial charge in [0.05, 0.1) is 5.56 Å². The molecule has 0 radical (unpaired) electrons. The highest BCUT2D eigenvalue weighted by atomic mass is 32.1. The zero-order valence-electron chi connectivity index (χ0n) is 10.7. The predicted octanol–water partition coefficient (Wildman–Crippen LogP) is 2.40. The minimum Gasteiger partial charge on any atom is -0.323 e. The fraction of sp³-hybridized carbons (Fsp3) is 0.357. The van der Waals surface area contributed by atoms with Crippen LogP contribution in [0, 0.1) is 12.8 Å². The molecule has 1 aliphatic rings. The Kier molecular flexibility index (Phi) is 3.29. The van der Waals surface area contributed by atoms with E-state index in [0.29, 0.717) is 5.56 Å². The van der Waals surface area contributed by atoms with E-state index in [1.165, 1.54) is 17.7 Å². The third-order valence-corrected chi connectivity index (χ3v) is 4.03. The van der Waals surface area contributed by atoms with Crippen LogP contribution in [0.15, 0.2) is 35.7 Å². The van der Waals surface area contributed by atoms with E-state index < -0.39 is 0 Å². The lowest BCUT2D eigenvalue weighted by molar-refractivity contribution is 0.0997. The van der Waals surface area contributed by atoms with Crippen molar-refractivity contribution in [2.45, 2.75) is 26.3 Å². The van der Waals surface area contributed by atoms with Crippen molar-refractivity contribution in [2.75, 3.05) is 0 Å². The first-order valence-electron chi connectivity index (χ1n) is 6.38. The van der Waals surface area contributed by atoms with Gasteiger partial charge in [-0.15, -0.1) is 11.3 Å². The average Bonchev–Trinajstić information content (AvgIpc) is 3.15. The smallest absolute Gasteiger partial charge is 0.281 e. The highest BCUT2D eigenvalue weighted by molar-refractivity contribution is 7.09. The quantitative estimate of drug-likeness (QED) is 0.862. The molecule has 1 amide bonds. The zero-order valence-corrected chi connectivity index (χ0v) is 11.6. The molecule has 2 aromatic rings. The van der Waals surface area contributed by atoms with E-state index in [9.17, 15) is 4.79 Å². The summed E-state index contributed by atoms with van der Waals surface area (Å²) >= 11 is 1.56. The molecule has 0 aliphatic heterocycles. The Labute approximate surface area is 115 Å². The molecule has 1 fully saturated rings. The van der Waals surface area contributed by atoms with Crippen molar-refractivity contribution in [3.05, 3.63) is 46.0 Å². The van der Waals surface area contributed by atoms with E-state index in [4.69, 9.17) is 0 Å². The number of aryl methyl sites for hydroxylation is 1. The van der Waals surface area contributed by atoms with Gasteiger partial charge in [0.15, 0.2) is 4.80 Å². The lowest BCUT2D eigenvalue weighted by Gasteiger charge is -1.99. The Hall–Kier alpha value is -1.75. The van der Waals surface area contributed by atoms with Gasteiger partial charge in [0, 0.05) is 30.0 Å². The number of amides is 1. The molecule has 98 valence electrons. The molecule has 1 saturated carbocycles. The van der Waals surface area contributed by atoms with Crippen LogP contribution >= 0.6 is 11.3 Å². The van der Waals surface area contributed by atoms with Gasteiger partial charge in [-0.25, -0.2) is 0 Å². The van der Waals surface area contributed by atoms with Crippen molar-refractivity contribution in [3.63, 3.8) is 0 Å².